The van der Waals surface area contributed by atoms with Crippen molar-refractivity contribution in [2.45, 2.75) is 25.9 Å². The maximum Gasteiger partial charge on any atom is 0.104 e. The van der Waals surface area contributed by atoms with Crippen LogP contribution in [0, 0.1) is 0 Å². The molecule has 0 saturated carbocycles. The van der Waals surface area contributed by atoms with Crippen LogP contribution in [-0.4, -0.2) is 24.4 Å². The van der Waals surface area contributed by atoms with Crippen molar-refractivity contribution in [2.75, 3.05) is 13.2 Å². The fraction of sp³-hybridized carbons (Fsp3) is 0.500. The third-order valence-electron chi connectivity index (χ3n) is 2.07. The summed E-state index contributed by atoms with van der Waals surface area (Å²) in [6.07, 6.45) is 0.190. The third kappa shape index (κ3) is 4.40. The molecule has 1 saturated heterocycles. The smallest absolute Gasteiger partial charge is 0.104 e. The Hall–Kier alpha value is -0.860. The van der Waals surface area contributed by atoms with Gasteiger partial charge in [-0.1, -0.05) is 44.2 Å². The summed E-state index contributed by atoms with van der Waals surface area (Å²) in [7, 11) is 0. The first kappa shape index (κ1) is 11.2. The highest BCUT2D eigenvalue weighted by molar-refractivity contribution is 5.17. The molecule has 0 aliphatic carbocycles. The van der Waals surface area contributed by atoms with E-state index in [0.717, 1.165) is 6.61 Å². The molecule has 2 rings (SSSR count). The van der Waals surface area contributed by atoms with E-state index in [4.69, 9.17) is 5.11 Å². The van der Waals surface area contributed by atoms with Gasteiger partial charge in [-0.05, 0) is 11.5 Å². The molecule has 1 unspecified atom stereocenters. The highest BCUT2D eigenvalue weighted by Gasteiger charge is 2.19. The molecule has 0 amide bonds. The molecule has 14 heavy (non-hydrogen) atoms. The first-order valence-electron chi connectivity index (χ1n) is 5.01. The van der Waals surface area contributed by atoms with Crippen LogP contribution in [0.2, 0.25) is 0 Å². The maximum atomic E-state index is 8.08. The Balaban J connectivity index is 0.000000165. The van der Waals surface area contributed by atoms with Gasteiger partial charge in [0.05, 0.1) is 13.2 Å². The van der Waals surface area contributed by atoms with E-state index in [9.17, 15) is 0 Å². The molecule has 2 heteroatoms. The van der Waals surface area contributed by atoms with E-state index in [1.165, 1.54) is 5.56 Å². The molecule has 1 heterocycles. The average molecular weight is 194 g/mol. The topological polar surface area (TPSA) is 32.8 Å². The van der Waals surface area contributed by atoms with Crippen molar-refractivity contribution in [3.8, 4) is 0 Å². The molecular formula is C12H18O2. The maximum absolute atomic E-state index is 8.08. The molecule has 0 bridgehead atoms. The minimum atomic E-state index is 0.190. The van der Waals surface area contributed by atoms with Gasteiger partial charge < -0.3 is 9.84 Å². The third-order valence-corrected chi connectivity index (χ3v) is 2.07. The summed E-state index contributed by atoms with van der Waals surface area (Å²) in [6, 6.07) is 10.5. The second-order valence-electron chi connectivity index (χ2n) is 3.70. The molecular weight excluding hydrogens is 176 g/mol. The van der Waals surface area contributed by atoms with E-state index in [0.29, 0.717) is 5.92 Å². The Morgan fingerprint density at radius 2 is 1.93 bits per heavy atom. The largest absolute Gasteiger partial charge is 0.394 e. The molecule has 1 N–H and O–H groups in total. The van der Waals surface area contributed by atoms with Crippen molar-refractivity contribution >= 4 is 0 Å². The monoisotopic (exact) mass is 194 g/mol. The van der Waals surface area contributed by atoms with Gasteiger partial charge in [-0.2, -0.15) is 0 Å². The quantitative estimate of drug-likeness (QED) is 0.732. The normalized spacial score (nSPS) is 18.7. The van der Waals surface area contributed by atoms with Gasteiger partial charge in [-0.3, -0.25) is 0 Å². The molecule has 1 atom stereocenters. The number of aliphatic hydroxyl groups excluding tert-OH is 1. The van der Waals surface area contributed by atoms with Gasteiger partial charge in [0.1, 0.15) is 6.10 Å². The lowest BCUT2D eigenvalue weighted by atomic mass is 10.0. The zero-order valence-corrected chi connectivity index (χ0v) is 8.81. The second kappa shape index (κ2) is 5.78. The Bertz CT molecular complexity index is 240. The summed E-state index contributed by atoms with van der Waals surface area (Å²) in [6.45, 7) is 5.36. The van der Waals surface area contributed by atoms with Crippen LogP contribution in [0.15, 0.2) is 30.3 Å². The zero-order chi connectivity index (χ0) is 10.4. The Morgan fingerprint density at radius 3 is 2.14 bits per heavy atom. The van der Waals surface area contributed by atoms with Gasteiger partial charge in [0.25, 0.3) is 0 Å². The standard InChI is InChI=1S/C9H12.C3H6O2/c1-8(2)9-6-4-3-5-7-9;4-1-3-2-5-3/h3-8H,1-2H3;3-4H,1-2H2. The fourth-order valence-electron chi connectivity index (χ4n) is 1.01. The molecule has 1 aliphatic heterocycles. The summed E-state index contributed by atoms with van der Waals surface area (Å²) in [5, 5.41) is 8.08. The SMILES string of the molecule is CC(C)c1ccccc1.OCC1CO1. The lowest BCUT2D eigenvalue weighted by Gasteiger charge is -2.01. The first-order valence-corrected chi connectivity index (χ1v) is 5.01. The van der Waals surface area contributed by atoms with Crippen molar-refractivity contribution in [3.05, 3.63) is 35.9 Å². The number of hydrogen-bond donors (Lipinski definition) is 1. The van der Waals surface area contributed by atoms with Crippen LogP contribution < -0.4 is 0 Å². The zero-order valence-electron chi connectivity index (χ0n) is 8.81. The van der Waals surface area contributed by atoms with Crippen LogP contribution in [-0.2, 0) is 4.74 Å². The van der Waals surface area contributed by atoms with Crippen LogP contribution in [0.25, 0.3) is 0 Å². The van der Waals surface area contributed by atoms with E-state index >= 15 is 0 Å². The number of ether oxygens (including phenoxy) is 1. The lowest BCUT2D eigenvalue weighted by Crippen LogP contribution is -1.88. The minimum absolute atomic E-state index is 0.190. The number of benzene rings is 1. The Morgan fingerprint density at radius 1 is 1.36 bits per heavy atom. The molecule has 2 nitrogen and oxygen atoms in total. The van der Waals surface area contributed by atoms with E-state index < -0.39 is 0 Å². The molecule has 0 spiro atoms. The van der Waals surface area contributed by atoms with Crippen LogP contribution in [0.1, 0.15) is 25.3 Å². The van der Waals surface area contributed by atoms with Crippen molar-refractivity contribution in [1.29, 1.82) is 0 Å². The Kier molecular flexibility index (Phi) is 4.63. The molecule has 1 fully saturated rings. The van der Waals surface area contributed by atoms with E-state index in [1.807, 2.05) is 6.07 Å². The average Bonchev–Trinajstić information content (AvgIpc) is 3.03. The molecule has 1 aromatic carbocycles. The summed E-state index contributed by atoms with van der Waals surface area (Å²) in [4.78, 5) is 0. The predicted octanol–water partition coefficient (Wildman–Crippen LogP) is 2.19. The van der Waals surface area contributed by atoms with Gasteiger partial charge in [0.15, 0.2) is 0 Å². The number of hydrogen-bond acceptors (Lipinski definition) is 2. The van der Waals surface area contributed by atoms with Gasteiger partial charge in [-0.25, -0.2) is 0 Å². The van der Waals surface area contributed by atoms with E-state index in [1.54, 1.807) is 0 Å². The van der Waals surface area contributed by atoms with Gasteiger partial charge in [0.2, 0.25) is 0 Å². The van der Waals surface area contributed by atoms with Crippen LogP contribution in [0.4, 0.5) is 0 Å². The van der Waals surface area contributed by atoms with Crippen LogP contribution in [0.3, 0.4) is 0 Å². The van der Waals surface area contributed by atoms with Gasteiger partial charge >= 0.3 is 0 Å². The van der Waals surface area contributed by atoms with Crippen molar-refractivity contribution in [2.24, 2.45) is 0 Å². The number of epoxide rings is 1. The molecule has 0 aromatic heterocycles. The minimum Gasteiger partial charge on any atom is -0.394 e. The molecule has 1 aromatic rings. The highest BCUT2D eigenvalue weighted by Crippen LogP contribution is 2.11. The van der Waals surface area contributed by atoms with E-state index in [-0.39, 0.29) is 12.7 Å². The predicted molar refractivity (Wildman–Crippen MR) is 57.4 cm³/mol. The fourth-order valence-corrected chi connectivity index (χ4v) is 1.01. The van der Waals surface area contributed by atoms with E-state index in [2.05, 4.69) is 42.8 Å². The van der Waals surface area contributed by atoms with Crippen molar-refractivity contribution in [1.82, 2.24) is 0 Å². The van der Waals surface area contributed by atoms with Crippen LogP contribution >= 0.6 is 0 Å². The Labute approximate surface area is 85.5 Å². The van der Waals surface area contributed by atoms with Gasteiger partial charge in [0, 0.05) is 0 Å². The summed E-state index contributed by atoms with van der Waals surface area (Å²) >= 11 is 0. The van der Waals surface area contributed by atoms with Crippen LogP contribution in [0.5, 0.6) is 0 Å². The van der Waals surface area contributed by atoms with Crippen molar-refractivity contribution in [3.63, 3.8) is 0 Å². The first-order chi connectivity index (χ1) is 6.74. The summed E-state index contributed by atoms with van der Waals surface area (Å²) in [5.74, 6) is 0.659. The van der Waals surface area contributed by atoms with Crippen molar-refractivity contribution < 1.29 is 9.84 Å². The lowest BCUT2D eigenvalue weighted by molar-refractivity contribution is 0.244. The van der Waals surface area contributed by atoms with Gasteiger partial charge in [-0.15, -0.1) is 0 Å². The number of rotatable bonds is 2. The highest BCUT2D eigenvalue weighted by atomic mass is 16.6. The second-order valence-corrected chi connectivity index (χ2v) is 3.70. The molecule has 1 aliphatic rings. The summed E-state index contributed by atoms with van der Waals surface area (Å²) in [5.41, 5.74) is 1.41. The summed E-state index contributed by atoms with van der Waals surface area (Å²) < 4.78 is 4.61. The molecule has 0 radical (unpaired) electrons. The number of aliphatic hydroxyl groups is 1. The molecule has 78 valence electrons.